The molecule has 2 aromatic rings. The lowest BCUT2D eigenvalue weighted by molar-refractivity contribution is -0.0379. The summed E-state index contributed by atoms with van der Waals surface area (Å²) in [6.07, 6.45) is 2.53. The van der Waals surface area contributed by atoms with Crippen LogP contribution in [-0.4, -0.2) is 63.4 Å². The van der Waals surface area contributed by atoms with Crippen LogP contribution in [0.4, 0.5) is 25.8 Å². The number of carbonyl (C=O) groups excluding carboxylic acids is 1. The Kier molecular flexibility index (Phi) is 8.76. The molecule has 0 spiro atoms. The van der Waals surface area contributed by atoms with Gasteiger partial charge in [0.2, 0.25) is 15.9 Å². The van der Waals surface area contributed by atoms with Crippen LogP contribution in [0.15, 0.2) is 41.3 Å². The number of amides is 1. The molecule has 2 fully saturated rings. The van der Waals surface area contributed by atoms with Crippen LogP contribution in [0.1, 0.15) is 42.6 Å². The fourth-order valence-electron chi connectivity index (χ4n) is 5.51. The number of aliphatic hydroxyl groups excluding tert-OH is 1. The molecule has 13 heteroatoms. The van der Waals surface area contributed by atoms with Gasteiger partial charge in [0.25, 0.3) is 11.5 Å². The van der Waals surface area contributed by atoms with Crippen molar-refractivity contribution in [3.05, 3.63) is 52.4 Å². The Hall–Kier alpha value is -2.77. The lowest BCUT2D eigenvalue weighted by atomic mass is 10.0. The van der Waals surface area contributed by atoms with Gasteiger partial charge in [-0.1, -0.05) is 13.1 Å². The van der Waals surface area contributed by atoms with E-state index in [-0.39, 0.29) is 29.4 Å². The van der Waals surface area contributed by atoms with Gasteiger partial charge in [0.1, 0.15) is 5.69 Å². The molecule has 220 valence electrons. The van der Waals surface area contributed by atoms with Gasteiger partial charge in [0.15, 0.2) is 0 Å². The number of rotatable bonds is 9. The number of carbonyl (C=O) groups is 1. The number of halogens is 2. The van der Waals surface area contributed by atoms with Crippen molar-refractivity contribution in [2.24, 2.45) is 5.92 Å². The molecule has 1 saturated carbocycles. The summed E-state index contributed by atoms with van der Waals surface area (Å²) < 4.78 is 56.1. The third-order valence-electron chi connectivity index (χ3n) is 8.07. The van der Waals surface area contributed by atoms with Gasteiger partial charge in [-0.2, -0.15) is 0 Å². The quantitative estimate of drug-likeness (QED) is 0.370. The number of benzene rings is 1. The van der Waals surface area contributed by atoms with Crippen molar-refractivity contribution in [3.63, 3.8) is 0 Å². The van der Waals surface area contributed by atoms with E-state index in [1.54, 1.807) is 18.3 Å². The molecule has 2 atom stereocenters. The average molecular weight is 597 g/mol. The Morgan fingerprint density at radius 1 is 1.18 bits per heavy atom. The molecular formula is C27H38F2N4O5SSi. The molecule has 1 aliphatic heterocycles. The summed E-state index contributed by atoms with van der Waals surface area (Å²) in [7, 11) is -5.12. The number of hydrogen-bond acceptors (Lipinski definition) is 6. The fourth-order valence-corrected chi connectivity index (χ4v) is 8.33. The van der Waals surface area contributed by atoms with E-state index in [1.165, 1.54) is 22.8 Å². The lowest BCUT2D eigenvalue weighted by Gasteiger charge is -2.38. The van der Waals surface area contributed by atoms with Crippen molar-refractivity contribution in [3.8, 4) is 0 Å². The summed E-state index contributed by atoms with van der Waals surface area (Å²) in [6.45, 7) is 6.44. The summed E-state index contributed by atoms with van der Waals surface area (Å²) in [5, 5.41) is 11.8. The minimum atomic E-state index is -3.77. The number of alkyl halides is 2. The number of pyridine rings is 1. The highest BCUT2D eigenvalue weighted by atomic mass is 32.2. The smallest absolute Gasteiger partial charge is 0.274 e. The third-order valence-corrected chi connectivity index (χ3v) is 12.5. The molecule has 1 amide bonds. The molecule has 1 aromatic carbocycles. The normalized spacial score (nSPS) is 21.3. The highest BCUT2D eigenvalue weighted by Crippen LogP contribution is 2.42. The third kappa shape index (κ3) is 7.10. The SMILES string of the molecule is CC(F)(F)[C@H]1CC[C@H](n2cccc(NC(=O)c3ccc(NS(=O)(=O)CCO)cc3N3CC[Si](C)(C)CC3)c2=O)C1. The molecule has 1 aliphatic carbocycles. The van der Waals surface area contributed by atoms with Gasteiger partial charge in [-0.3, -0.25) is 14.3 Å². The molecule has 2 heterocycles. The Morgan fingerprint density at radius 3 is 2.50 bits per heavy atom. The molecule has 2 aliphatic rings. The number of aliphatic hydroxyl groups is 1. The van der Waals surface area contributed by atoms with Crippen LogP contribution in [0.25, 0.3) is 0 Å². The minimum absolute atomic E-state index is 0.0464. The molecule has 1 saturated heterocycles. The Bertz CT molecular complexity index is 1400. The maximum Gasteiger partial charge on any atom is 0.274 e. The van der Waals surface area contributed by atoms with Crippen molar-refractivity contribution < 1.29 is 27.1 Å². The number of nitrogens with zero attached hydrogens (tertiary/aromatic N) is 2. The van der Waals surface area contributed by atoms with Crippen LogP contribution in [0.5, 0.6) is 0 Å². The number of nitrogens with one attached hydrogen (secondary N) is 2. The number of anilines is 3. The van der Waals surface area contributed by atoms with Crippen LogP contribution in [0, 0.1) is 5.92 Å². The zero-order valence-electron chi connectivity index (χ0n) is 23.1. The van der Waals surface area contributed by atoms with E-state index in [4.69, 9.17) is 5.11 Å². The molecule has 0 bridgehead atoms. The Labute approximate surface area is 234 Å². The van der Waals surface area contributed by atoms with E-state index in [1.807, 2.05) is 0 Å². The van der Waals surface area contributed by atoms with Gasteiger partial charge in [-0.15, -0.1) is 0 Å². The average Bonchev–Trinajstić information content (AvgIpc) is 3.36. The van der Waals surface area contributed by atoms with Gasteiger partial charge in [0.05, 0.1) is 37.4 Å². The second-order valence-electron chi connectivity index (χ2n) is 11.7. The number of hydrogen-bond donors (Lipinski definition) is 3. The Balaban J connectivity index is 1.61. The lowest BCUT2D eigenvalue weighted by Crippen LogP contribution is -2.43. The predicted molar refractivity (Wildman–Crippen MR) is 156 cm³/mol. The first-order chi connectivity index (χ1) is 18.7. The highest BCUT2D eigenvalue weighted by Gasteiger charge is 2.40. The Morgan fingerprint density at radius 2 is 1.88 bits per heavy atom. The van der Waals surface area contributed by atoms with Crippen molar-refractivity contribution >= 4 is 41.1 Å². The minimum Gasteiger partial charge on any atom is -0.395 e. The van der Waals surface area contributed by atoms with Crippen LogP contribution in [-0.2, 0) is 10.0 Å². The van der Waals surface area contributed by atoms with Crippen molar-refractivity contribution in [2.75, 3.05) is 40.4 Å². The molecule has 40 heavy (non-hydrogen) atoms. The fraction of sp³-hybridized carbons (Fsp3) is 0.556. The zero-order chi connectivity index (χ0) is 29.3. The molecule has 1 aromatic heterocycles. The second-order valence-corrected chi connectivity index (χ2v) is 18.9. The maximum absolute atomic E-state index is 13.9. The predicted octanol–water partition coefficient (Wildman–Crippen LogP) is 4.36. The molecule has 3 N–H and O–H groups in total. The van der Waals surface area contributed by atoms with Crippen molar-refractivity contribution in [2.45, 2.75) is 63.3 Å². The zero-order valence-corrected chi connectivity index (χ0v) is 24.9. The number of sulfonamides is 1. The highest BCUT2D eigenvalue weighted by molar-refractivity contribution is 7.92. The standard InChI is InChI=1S/C27H38F2N4O5SSi/c1-27(28,29)19-6-8-21(17-19)33-10-4-5-23(26(33)36)30-25(35)22-9-7-20(31-39(37,38)14-13-34)18-24(22)32-11-15-40(2,3)16-12-32/h4-5,7,9-10,18-19,21,31,34H,6,8,11-17H2,1-3H3,(H,30,35)/t19-,21-/m0/s1. The van der Waals surface area contributed by atoms with Gasteiger partial charge in [-0.05, 0) is 68.6 Å². The summed E-state index contributed by atoms with van der Waals surface area (Å²) >= 11 is 0. The van der Waals surface area contributed by atoms with Crippen LogP contribution in [0.2, 0.25) is 25.2 Å². The van der Waals surface area contributed by atoms with Crippen LogP contribution >= 0.6 is 0 Å². The largest absolute Gasteiger partial charge is 0.395 e. The van der Waals surface area contributed by atoms with E-state index < -0.39 is 53.8 Å². The molecular weight excluding hydrogens is 558 g/mol. The monoisotopic (exact) mass is 596 g/mol. The van der Waals surface area contributed by atoms with Gasteiger partial charge >= 0.3 is 0 Å². The van der Waals surface area contributed by atoms with E-state index in [0.29, 0.717) is 18.5 Å². The molecule has 0 unspecified atom stereocenters. The molecule has 0 radical (unpaired) electrons. The first-order valence-electron chi connectivity index (χ1n) is 13.6. The maximum atomic E-state index is 13.9. The second kappa shape index (κ2) is 11.6. The molecule has 9 nitrogen and oxygen atoms in total. The first kappa shape index (κ1) is 30.2. The topological polar surface area (TPSA) is 121 Å². The van der Waals surface area contributed by atoms with Crippen molar-refractivity contribution in [1.29, 1.82) is 0 Å². The van der Waals surface area contributed by atoms with E-state index >= 15 is 0 Å². The van der Waals surface area contributed by atoms with E-state index in [0.717, 1.165) is 32.1 Å². The number of aromatic nitrogens is 1. The summed E-state index contributed by atoms with van der Waals surface area (Å²) in [5.41, 5.74) is 0.693. The van der Waals surface area contributed by atoms with Crippen molar-refractivity contribution in [1.82, 2.24) is 4.57 Å². The summed E-state index contributed by atoms with van der Waals surface area (Å²) in [5.74, 6) is -4.59. The summed E-state index contributed by atoms with van der Waals surface area (Å²) in [4.78, 5) is 28.9. The summed E-state index contributed by atoms with van der Waals surface area (Å²) in [6, 6.07) is 9.36. The van der Waals surface area contributed by atoms with Crippen LogP contribution < -0.4 is 20.5 Å². The first-order valence-corrected chi connectivity index (χ1v) is 18.7. The molecule has 4 rings (SSSR count). The van der Waals surface area contributed by atoms with Gasteiger partial charge in [-0.25, -0.2) is 17.2 Å². The van der Waals surface area contributed by atoms with E-state index in [2.05, 4.69) is 28.0 Å². The van der Waals surface area contributed by atoms with Crippen LogP contribution in [0.3, 0.4) is 0 Å². The van der Waals surface area contributed by atoms with E-state index in [9.17, 15) is 26.8 Å². The van der Waals surface area contributed by atoms with Gasteiger partial charge < -0.3 is 19.9 Å². The van der Waals surface area contributed by atoms with Gasteiger partial charge in [0, 0.05) is 31.2 Å².